The Morgan fingerprint density at radius 2 is 2.05 bits per heavy atom. The van der Waals surface area contributed by atoms with Crippen molar-refractivity contribution in [3.63, 3.8) is 0 Å². The molecule has 0 bridgehead atoms. The molecule has 38 heavy (non-hydrogen) atoms. The van der Waals surface area contributed by atoms with Gasteiger partial charge in [0.05, 0.1) is 35.2 Å². The highest BCUT2D eigenvalue weighted by Gasteiger charge is 2.41. The Bertz CT molecular complexity index is 1040. The fourth-order valence-electron chi connectivity index (χ4n) is 5.88. The van der Waals surface area contributed by atoms with Crippen LogP contribution >= 0.6 is 0 Å². The lowest BCUT2D eigenvalue weighted by Gasteiger charge is -2.36. The van der Waals surface area contributed by atoms with Crippen LogP contribution in [0.3, 0.4) is 0 Å². The van der Waals surface area contributed by atoms with Crippen molar-refractivity contribution in [2.24, 2.45) is 27.7 Å². The summed E-state index contributed by atoms with van der Waals surface area (Å²) < 4.78 is 11.4. The quantitative estimate of drug-likeness (QED) is 0.479. The van der Waals surface area contributed by atoms with Crippen molar-refractivity contribution in [3.8, 4) is 5.75 Å². The second-order valence-corrected chi connectivity index (χ2v) is 11.1. The van der Waals surface area contributed by atoms with Crippen molar-refractivity contribution in [2.75, 3.05) is 40.0 Å². The van der Waals surface area contributed by atoms with Gasteiger partial charge in [0.2, 0.25) is 0 Å². The van der Waals surface area contributed by atoms with Crippen LogP contribution in [0.1, 0.15) is 49.7 Å². The van der Waals surface area contributed by atoms with Gasteiger partial charge in [-0.25, -0.2) is 0 Å². The first-order valence-corrected chi connectivity index (χ1v) is 14.0. The minimum absolute atomic E-state index is 0.540. The van der Waals surface area contributed by atoms with E-state index in [1.54, 1.807) is 13.4 Å². The van der Waals surface area contributed by atoms with Crippen LogP contribution < -0.4 is 10.1 Å². The molecular weight excluding hydrogens is 470 g/mol. The van der Waals surface area contributed by atoms with Crippen molar-refractivity contribution >= 4 is 28.2 Å². The molecule has 4 radical (unpaired) electrons. The second-order valence-electron chi connectivity index (χ2n) is 11.1. The first kappa shape index (κ1) is 28.5. The molecule has 2 fully saturated rings. The van der Waals surface area contributed by atoms with Gasteiger partial charge in [-0.1, -0.05) is 12.6 Å². The molecule has 2 heterocycles. The summed E-state index contributed by atoms with van der Waals surface area (Å²) in [5, 5.41) is 2.35. The fourth-order valence-corrected chi connectivity index (χ4v) is 5.88. The van der Waals surface area contributed by atoms with E-state index in [4.69, 9.17) is 25.2 Å². The Hall–Kier alpha value is -2.47. The molecule has 3 unspecified atom stereocenters. The zero-order valence-electron chi connectivity index (χ0n) is 23.2. The molecule has 0 spiro atoms. The standard InChI is InChI=1S/C30H42B2N4O2/c1-22-15-28(6-5-26(22)16-23(2)36-13-4-10-30(36,31)32)38-14-9-27-17-29(27)25-7-11-33-18-24(20-37-3)19-35-21-34-12-8-25/h5-6,15,18-19,21,25,27,29H,2,4,7-14,16-17,20H2,1,3H3,(H,34,35)/b24-19+,33-18?. The molecule has 0 aromatic heterocycles. The van der Waals surface area contributed by atoms with Crippen LogP contribution in [0.2, 0.25) is 0 Å². The van der Waals surface area contributed by atoms with Gasteiger partial charge in [-0.3, -0.25) is 9.98 Å². The number of hydrogen-bond donors (Lipinski definition) is 1. The van der Waals surface area contributed by atoms with E-state index in [9.17, 15) is 0 Å². The van der Waals surface area contributed by atoms with E-state index in [0.717, 1.165) is 93.6 Å². The molecule has 2 aliphatic heterocycles. The SMILES string of the molecule is [B]C1([B])CCCN1C(=C)Cc1ccc(OCCC2CC2C2CCN=CN/C=C(/COC)C=NCC2)cc1C. The highest BCUT2D eigenvalue weighted by Crippen LogP contribution is 2.49. The Morgan fingerprint density at radius 3 is 2.79 bits per heavy atom. The van der Waals surface area contributed by atoms with Gasteiger partial charge in [-0.15, -0.1) is 0 Å². The minimum atomic E-state index is -0.773. The third-order valence-corrected chi connectivity index (χ3v) is 8.15. The van der Waals surface area contributed by atoms with Crippen LogP contribution in [0.4, 0.5) is 0 Å². The van der Waals surface area contributed by atoms with E-state index < -0.39 is 5.34 Å². The predicted octanol–water partition coefficient (Wildman–Crippen LogP) is 4.17. The zero-order valence-corrected chi connectivity index (χ0v) is 23.2. The van der Waals surface area contributed by atoms with Gasteiger partial charge in [-0.05, 0) is 91.8 Å². The number of allylic oxidation sites excluding steroid dienone is 1. The Morgan fingerprint density at radius 1 is 1.24 bits per heavy atom. The molecule has 1 saturated carbocycles. The number of nitrogens with zero attached hydrogens (tertiary/aromatic N) is 3. The largest absolute Gasteiger partial charge is 0.494 e. The summed E-state index contributed by atoms with van der Waals surface area (Å²) >= 11 is 0. The summed E-state index contributed by atoms with van der Waals surface area (Å²) in [5.41, 5.74) is 4.44. The summed E-state index contributed by atoms with van der Waals surface area (Å²) in [6, 6.07) is 6.36. The molecular formula is C30H42B2N4O2. The predicted molar refractivity (Wildman–Crippen MR) is 158 cm³/mol. The lowest BCUT2D eigenvalue weighted by atomic mass is 9.60. The number of likely N-dealkylation sites (tertiary alicyclic amines) is 1. The van der Waals surface area contributed by atoms with Gasteiger partial charge < -0.3 is 19.7 Å². The van der Waals surface area contributed by atoms with E-state index in [0.29, 0.717) is 12.5 Å². The minimum Gasteiger partial charge on any atom is -0.494 e. The average molecular weight is 512 g/mol. The number of rotatable bonds is 10. The Labute approximate surface area is 231 Å². The van der Waals surface area contributed by atoms with E-state index in [2.05, 4.69) is 51.9 Å². The highest BCUT2D eigenvalue weighted by molar-refractivity contribution is 6.40. The van der Waals surface area contributed by atoms with Crippen LogP contribution in [-0.2, 0) is 11.2 Å². The van der Waals surface area contributed by atoms with Crippen molar-refractivity contribution in [3.05, 3.63) is 53.4 Å². The summed E-state index contributed by atoms with van der Waals surface area (Å²) in [6.07, 6.45) is 12.8. The van der Waals surface area contributed by atoms with Crippen molar-refractivity contribution in [1.29, 1.82) is 0 Å². The molecule has 0 amide bonds. The van der Waals surface area contributed by atoms with Crippen LogP contribution in [0, 0.1) is 24.7 Å². The number of nitrogens with one attached hydrogen (secondary N) is 1. The average Bonchev–Trinajstić information content (AvgIpc) is 3.54. The third kappa shape index (κ3) is 8.02. The van der Waals surface area contributed by atoms with Gasteiger partial charge in [0.15, 0.2) is 0 Å². The van der Waals surface area contributed by atoms with E-state index in [-0.39, 0.29) is 0 Å². The maximum atomic E-state index is 6.24. The molecule has 1 aliphatic carbocycles. The first-order valence-electron chi connectivity index (χ1n) is 14.0. The Kier molecular flexibility index (Phi) is 10.2. The summed E-state index contributed by atoms with van der Waals surface area (Å²) in [4.78, 5) is 11.2. The van der Waals surface area contributed by atoms with E-state index in [1.807, 2.05) is 12.4 Å². The van der Waals surface area contributed by atoms with Gasteiger partial charge in [0.25, 0.3) is 0 Å². The fraction of sp³-hybridized carbons (Fsp3) is 0.600. The van der Waals surface area contributed by atoms with E-state index in [1.165, 1.54) is 17.5 Å². The van der Waals surface area contributed by atoms with Crippen molar-refractivity contribution in [1.82, 2.24) is 10.2 Å². The first-order chi connectivity index (χ1) is 18.4. The molecule has 1 aromatic rings. The van der Waals surface area contributed by atoms with Crippen LogP contribution in [0.25, 0.3) is 0 Å². The molecule has 4 rings (SSSR count). The lowest BCUT2D eigenvalue weighted by Crippen LogP contribution is -2.44. The number of aryl methyl sites for hydroxylation is 1. The molecule has 1 aromatic carbocycles. The van der Waals surface area contributed by atoms with Crippen LogP contribution in [0.5, 0.6) is 5.75 Å². The van der Waals surface area contributed by atoms with Crippen molar-refractivity contribution < 1.29 is 9.47 Å². The summed E-state index contributed by atoms with van der Waals surface area (Å²) in [6.45, 7) is 10.3. The van der Waals surface area contributed by atoms with Crippen molar-refractivity contribution in [2.45, 2.75) is 57.2 Å². The molecule has 8 heteroatoms. The molecule has 3 atom stereocenters. The number of benzene rings is 1. The number of aliphatic imine (C=N–C) groups is 2. The summed E-state index contributed by atoms with van der Waals surface area (Å²) in [7, 11) is 14.2. The Balaban J connectivity index is 1.22. The van der Waals surface area contributed by atoms with Gasteiger partial charge >= 0.3 is 0 Å². The maximum absolute atomic E-state index is 6.24. The molecule has 3 aliphatic rings. The molecule has 1 saturated heterocycles. The monoisotopic (exact) mass is 512 g/mol. The smallest absolute Gasteiger partial charge is 0.119 e. The van der Waals surface area contributed by atoms with Gasteiger partial charge in [0.1, 0.15) is 5.75 Å². The zero-order chi connectivity index (χ0) is 27.0. The molecule has 200 valence electrons. The third-order valence-electron chi connectivity index (χ3n) is 8.15. The van der Waals surface area contributed by atoms with E-state index >= 15 is 0 Å². The summed E-state index contributed by atoms with van der Waals surface area (Å²) in [5.74, 6) is 3.09. The normalized spacial score (nSPS) is 26.5. The van der Waals surface area contributed by atoms with Crippen LogP contribution in [0.15, 0.2) is 52.2 Å². The molecule has 1 N–H and O–H groups in total. The van der Waals surface area contributed by atoms with Gasteiger partial charge in [0, 0.05) is 56.8 Å². The number of hydrogen-bond acceptors (Lipinski definition) is 6. The highest BCUT2D eigenvalue weighted by atomic mass is 16.5. The van der Waals surface area contributed by atoms with Crippen LogP contribution in [-0.4, -0.2) is 78.4 Å². The number of ether oxygens (including phenoxy) is 2. The maximum Gasteiger partial charge on any atom is 0.119 e. The van der Waals surface area contributed by atoms with Gasteiger partial charge in [-0.2, -0.15) is 0 Å². The topological polar surface area (TPSA) is 58.5 Å². The molecule has 6 nitrogen and oxygen atoms in total. The lowest BCUT2D eigenvalue weighted by molar-refractivity contribution is 0.230. The second kappa shape index (κ2) is 13.5. The number of methoxy groups -OCH3 is 1.